The van der Waals surface area contributed by atoms with Crippen molar-refractivity contribution >= 4 is 29.1 Å². The van der Waals surface area contributed by atoms with E-state index in [0.29, 0.717) is 27.1 Å². The van der Waals surface area contributed by atoms with Gasteiger partial charge < -0.3 is 9.64 Å². The van der Waals surface area contributed by atoms with Crippen LogP contribution < -0.4 is 19.8 Å². The van der Waals surface area contributed by atoms with E-state index < -0.39 is 12.0 Å². The molecule has 0 saturated carbocycles. The number of nitrogens with zero attached hydrogens (tertiary/aromatic N) is 5. The van der Waals surface area contributed by atoms with Crippen molar-refractivity contribution < 1.29 is 9.53 Å². The summed E-state index contributed by atoms with van der Waals surface area (Å²) in [7, 11) is 5.26. The van der Waals surface area contributed by atoms with Gasteiger partial charge in [-0.05, 0) is 43.7 Å². The zero-order valence-corrected chi connectivity index (χ0v) is 19.5. The van der Waals surface area contributed by atoms with Crippen LogP contribution in [0.25, 0.3) is 6.08 Å². The molecule has 0 aliphatic carbocycles. The first kappa shape index (κ1) is 21.8. The molecule has 0 bridgehead atoms. The molecule has 0 amide bonds. The van der Waals surface area contributed by atoms with Crippen molar-refractivity contribution in [1.29, 1.82) is 0 Å². The minimum Gasteiger partial charge on any atom is -0.466 e. The second-order valence-electron chi connectivity index (χ2n) is 7.63. The Morgan fingerprint density at radius 3 is 2.59 bits per heavy atom. The van der Waals surface area contributed by atoms with Crippen LogP contribution >= 0.6 is 11.3 Å². The molecule has 0 saturated heterocycles. The van der Waals surface area contributed by atoms with Gasteiger partial charge in [-0.3, -0.25) is 14.0 Å². The van der Waals surface area contributed by atoms with Gasteiger partial charge in [-0.2, -0.15) is 5.10 Å². The summed E-state index contributed by atoms with van der Waals surface area (Å²) in [6, 6.07) is 9.05. The summed E-state index contributed by atoms with van der Waals surface area (Å²) in [4.78, 5) is 33.4. The highest BCUT2D eigenvalue weighted by Crippen LogP contribution is 2.31. The summed E-state index contributed by atoms with van der Waals surface area (Å²) in [6.45, 7) is 4.47. The maximum atomic E-state index is 13.5. The predicted octanol–water partition coefficient (Wildman–Crippen LogP) is 1.69. The molecule has 1 unspecified atom stereocenters. The van der Waals surface area contributed by atoms with Gasteiger partial charge in [-0.25, -0.2) is 9.79 Å². The Kier molecular flexibility index (Phi) is 5.84. The van der Waals surface area contributed by atoms with Crippen molar-refractivity contribution in [3.8, 4) is 0 Å². The summed E-state index contributed by atoms with van der Waals surface area (Å²) < 4.78 is 9.00. The standard InChI is InChI=1S/C23H25N5O3S/c1-6-27-17(11-12-24-27)13-18-21(29)28-20(15-7-9-16(10-8-15)26(3)4)19(22(30)31-5)14(2)25-23(28)32-18/h7-13,20H,6H2,1-5H3. The summed E-state index contributed by atoms with van der Waals surface area (Å²) in [5, 5.41) is 4.27. The van der Waals surface area contributed by atoms with Crippen LogP contribution in [0.2, 0.25) is 0 Å². The first-order chi connectivity index (χ1) is 15.3. The van der Waals surface area contributed by atoms with Gasteiger partial charge in [0.25, 0.3) is 5.56 Å². The normalized spacial score (nSPS) is 16.0. The van der Waals surface area contributed by atoms with Crippen molar-refractivity contribution in [2.45, 2.75) is 26.4 Å². The molecule has 3 heterocycles. The van der Waals surface area contributed by atoms with Gasteiger partial charge in [-0.15, -0.1) is 0 Å². The Hall–Kier alpha value is -3.46. The maximum absolute atomic E-state index is 13.5. The van der Waals surface area contributed by atoms with Crippen LogP contribution in [0.5, 0.6) is 0 Å². The number of hydrogen-bond donors (Lipinski definition) is 0. The van der Waals surface area contributed by atoms with Crippen LogP contribution in [-0.4, -0.2) is 41.5 Å². The lowest BCUT2D eigenvalue weighted by molar-refractivity contribution is -0.136. The van der Waals surface area contributed by atoms with Crippen LogP contribution in [0.4, 0.5) is 5.69 Å². The Balaban J connectivity index is 1.95. The molecule has 0 radical (unpaired) electrons. The summed E-state index contributed by atoms with van der Waals surface area (Å²) in [6.07, 6.45) is 3.53. The Morgan fingerprint density at radius 2 is 1.97 bits per heavy atom. The number of esters is 1. The Labute approximate surface area is 189 Å². The quantitative estimate of drug-likeness (QED) is 0.552. The van der Waals surface area contributed by atoms with E-state index in [9.17, 15) is 9.59 Å². The van der Waals surface area contributed by atoms with Crippen molar-refractivity contribution in [3.63, 3.8) is 0 Å². The number of fused-ring (bicyclic) bond motifs is 1. The lowest BCUT2D eigenvalue weighted by Crippen LogP contribution is -2.39. The number of aryl methyl sites for hydroxylation is 1. The molecule has 32 heavy (non-hydrogen) atoms. The van der Waals surface area contributed by atoms with Crippen LogP contribution in [0.3, 0.4) is 0 Å². The highest BCUT2D eigenvalue weighted by molar-refractivity contribution is 7.07. The maximum Gasteiger partial charge on any atom is 0.338 e. The van der Waals surface area contributed by atoms with E-state index in [4.69, 9.17) is 4.74 Å². The van der Waals surface area contributed by atoms with Crippen molar-refractivity contribution in [1.82, 2.24) is 14.3 Å². The molecule has 0 spiro atoms. The van der Waals surface area contributed by atoms with Crippen LogP contribution in [0.1, 0.15) is 31.1 Å². The highest BCUT2D eigenvalue weighted by atomic mass is 32.1. The average molecular weight is 452 g/mol. The fourth-order valence-electron chi connectivity index (χ4n) is 3.83. The number of anilines is 1. The van der Waals surface area contributed by atoms with Crippen molar-refractivity contribution in [3.05, 3.63) is 78.7 Å². The molecule has 4 rings (SSSR count). The molecule has 1 aliphatic heterocycles. The first-order valence-electron chi connectivity index (χ1n) is 10.3. The molecule has 166 valence electrons. The van der Waals surface area contributed by atoms with E-state index in [0.717, 1.165) is 16.9 Å². The van der Waals surface area contributed by atoms with E-state index in [1.807, 2.05) is 67.0 Å². The van der Waals surface area contributed by atoms with Crippen molar-refractivity contribution in [2.24, 2.45) is 4.99 Å². The van der Waals surface area contributed by atoms with Gasteiger partial charge in [0, 0.05) is 32.5 Å². The smallest absolute Gasteiger partial charge is 0.338 e. The third kappa shape index (κ3) is 3.69. The Morgan fingerprint density at radius 1 is 1.25 bits per heavy atom. The molecular weight excluding hydrogens is 426 g/mol. The lowest BCUT2D eigenvalue weighted by atomic mass is 9.95. The molecule has 9 heteroatoms. The number of rotatable bonds is 5. The number of methoxy groups -OCH3 is 1. The van der Waals surface area contributed by atoms with Crippen molar-refractivity contribution in [2.75, 3.05) is 26.1 Å². The molecule has 0 fully saturated rings. The number of hydrogen-bond acceptors (Lipinski definition) is 7. The zero-order valence-electron chi connectivity index (χ0n) is 18.7. The van der Waals surface area contributed by atoms with E-state index in [-0.39, 0.29) is 5.56 Å². The SMILES string of the molecule is CCn1nccc1C=c1sc2n(c1=O)C(c1ccc(N(C)C)cc1)C(C(=O)OC)=C(C)N=2. The number of aromatic nitrogens is 3. The average Bonchev–Trinajstić information content (AvgIpc) is 3.36. The zero-order chi connectivity index (χ0) is 23.0. The summed E-state index contributed by atoms with van der Waals surface area (Å²) >= 11 is 1.30. The predicted molar refractivity (Wildman–Crippen MR) is 124 cm³/mol. The van der Waals surface area contributed by atoms with Gasteiger partial charge in [0.1, 0.15) is 0 Å². The fourth-order valence-corrected chi connectivity index (χ4v) is 4.86. The van der Waals surface area contributed by atoms with E-state index in [1.54, 1.807) is 17.7 Å². The van der Waals surface area contributed by atoms with E-state index in [2.05, 4.69) is 10.1 Å². The van der Waals surface area contributed by atoms with Gasteiger partial charge in [-0.1, -0.05) is 23.5 Å². The van der Waals surface area contributed by atoms with E-state index in [1.165, 1.54) is 18.4 Å². The molecule has 2 aromatic heterocycles. The number of carbonyl (C=O) groups excluding carboxylic acids is 1. The summed E-state index contributed by atoms with van der Waals surface area (Å²) in [5.41, 5.74) is 3.39. The van der Waals surface area contributed by atoms with Gasteiger partial charge >= 0.3 is 5.97 Å². The molecule has 0 N–H and O–H groups in total. The summed E-state index contributed by atoms with van der Waals surface area (Å²) in [5.74, 6) is -0.494. The van der Waals surface area contributed by atoms with Crippen LogP contribution in [-0.2, 0) is 16.1 Å². The number of ether oxygens (including phenoxy) is 1. The van der Waals surface area contributed by atoms with E-state index >= 15 is 0 Å². The molecule has 1 aliphatic rings. The third-order valence-electron chi connectivity index (χ3n) is 5.48. The number of benzene rings is 1. The van der Waals surface area contributed by atoms with Gasteiger partial charge in [0.2, 0.25) is 0 Å². The fraction of sp³-hybridized carbons (Fsp3) is 0.304. The molecular formula is C23H25N5O3S. The third-order valence-corrected chi connectivity index (χ3v) is 6.46. The number of carbonyl (C=O) groups is 1. The molecule has 3 aromatic rings. The molecule has 8 nitrogen and oxygen atoms in total. The monoisotopic (exact) mass is 451 g/mol. The van der Waals surface area contributed by atoms with Gasteiger partial charge in [0.05, 0.1) is 34.6 Å². The van der Waals surface area contributed by atoms with Crippen LogP contribution in [0.15, 0.2) is 57.6 Å². The second kappa shape index (κ2) is 8.58. The number of allylic oxidation sites excluding steroid dienone is 1. The molecule has 1 aromatic carbocycles. The minimum absolute atomic E-state index is 0.201. The topological polar surface area (TPSA) is 81.7 Å². The largest absolute Gasteiger partial charge is 0.466 e. The molecule has 1 atom stereocenters. The first-order valence-corrected chi connectivity index (χ1v) is 11.1. The Bertz CT molecular complexity index is 1380. The lowest BCUT2D eigenvalue weighted by Gasteiger charge is -2.25. The minimum atomic E-state index is -0.617. The van der Waals surface area contributed by atoms with Crippen LogP contribution in [0, 0.1) is 0 Å². The second-order valence-corrected chi connectivity index (χ2v) is 8.64. The van der Waals surface area contributed by atoms with Gasteiger partial charge in [0.15, 0.2) is 4.80 Å². The highest BCUT2D eigenvalue weighted by Gasteiger charge is 2.33. The number of thiazole rings is 1.